The number of ether oxygens (including phenoxy) is 1. The summed E-state index contributed by atoms with van der Waals surface area (Å²) in [5.74, 6) is -3.59. The first kappa shape index (κ1) is 9.83. The minimum atomic E-state index is -2.99. The summed E-state index contributed by atoms with van der Waals surface area (Å²) in [6.07, 6.45) is 2.03. The van der Waals surface area contributed by atoms with E-state index in [1.165, 1.54) is 31.4 Å². The van der Waals surface area contributed by atoms with Gasteiger partial charge in [-0.2, -0.15) is 8.78 Å². The van der Waals surface area contributed by atoms with Crippen LogP contribution in [-0.2, 0) is 10.7 Å². The van der Waals surface area contributed by atoms with Crippen LogP contribution in [0.5, 0.6) is 0 Å². The zero-order valence-electron chi connectivity index (χ0n) is 7.96. The second-order valence-electron chi connectivity index (χ2n) is 3.21. The van der Waals surface area contributed by atoms with Crippen LogP contribution in [-0.4, -0.2) is 13.1 Å². The summed E-state index contributed by atoms with van der Waals surface area (Å²) < 4.78 is 31.0. The molecular formula is C11H8F2O2. The van der Waals surface area contributed by atoms with Crippen molar-refractivity contribution in [3.05, 3.63) is 41.0 Å². The standard InChI is InChI=1S/C11H8F2O2/c1-15-10(14)8-3-2-4-9-7(8)5-6-11(9,12)13/h2-6H,1H3. The van der Waals surface area contributed by atoms with E-state index in [0.717, 1.165) is 6.08 Å². The molecule has 0 fully saturated rings. The van der Waals surface area contributed by atoms with Gasteiger partial charge in [0.2, 0.25) is 0 Å². The van der Waals surface area contributed by atoms with Crippen LogP contribution >= 0.6 is 0 Å². The van der Waals surface area contributed by atoms with Gasteiger partial charge < -0.3 is 4.74 Å². The topological polar surface area (TPSA) is 26.3 Å². The number of hydrogen-bond donors (Lipinski definition) is 0. The largest absolute Gasteiger partial charge is 0.465 e. The highest BCUT2D eigenvalue weighted by molar-refractivity contribution is 5.95. The van der Waals surface area contributed by atoms with Crippen LogP contribution < -0.4 is 0 Å². The van der Waals surface area contributed by atoms with Crippen LogP contribution in [0.15, 0.2) is 24.3 Å². The lowest BCUT2D eigenvalue weighted by atomic mass is 10.0. The molecule has 2 rings (SSSR count). The third kappa shape index (κ3) is 1.42. The summed E-state index contributed by atoms with van der Waals surface area (Å²) in [7, 11) is 1.22. The lowest BCUT2D eigenvalue weighted by Gasteiger charge is -2.10. The van der Waals surface area contributed by atoms with E-state index in [0.29, 0.717) is 0 Å². The van der Waals surface area contributed by atoms with Crippen molar-refractivity contribution in [3.8, 4) is 0 Å². The van der Waals surface area contributed by atoms with Gasteiger partial charge in [0.1, 0.15) is 0 Å². The van der Waals surface area contributed by atoms with Crippen molar-refractivity contribution in [2.45, 2.75) is 5.92 Å². The Morgan fingerprint density at radius 2 is 2.13 bits per heavy atom. The van der Waals surface area contributed by atoms with Crippen molar-refractivity contribution in [1.29, 1.82) is 0 Å². The molecule has 0 saturated heterocycles. The zero-order valence-corrected chi connectivity index (χ0v) is 7.96. The Balaban J connectivity index is 2.59. The highest BCUT2D eigenvalue weighted by atomic mass is 19.3. The van der Waals surface area contributed by atoms with Gasteiger partial charge in [0.25, 0.3) is 5.92 Å². The van der Waals surface area contributed by atoms with E-state index in [4.69, 9.17) is 0 Å². The molecule has 0 aromatic heterocycles. The molecule has 1 aliphatic carbocycles. The summed E-state index contributed by atoms with van der Waals surface area (Å²) in [6.45, 7) is 0. The van der Waals surface area contributed by atoms with E-state index < -0.39 is 11.9 Å². The van der Waals surface area contributed by atoms with E-state index in [1.807, 2.05) is 0 Å². The Morgan fingerprint density at radius 3 is 2.80 bits per heavy atom. The molecule has 1 aromatic rings. The highest BCUT2D eigenvalue weighted by Crippen LogP contribution is 2.39. The number of fused-ring (bicyclic) bond motifs is 1. The number of allylic oxidation sites excluding steroid dienone is 1. The SMILES string of the molecule is COC(=O)c1cccc2c1C=CC2(F)F. The van der Waals surface area contributed by atoms with Crippen LogP contribution in [0.25, 0.3) is 6.08 Å². The predicted molar refractivity (Wildman–Crippen MR) is 50.7 cm³/mol. The van der Waals surface area contributed by atoms with Crippen molar-refractivity contribution in [1.82, 2.24) is 0 Å². The molecule has 0 unspecified atom stereocenters. The number of alkyl halides is 2. The molecule has 0 heterocycles. The lowest BCUT2D eigenvalue weighted by Crippen LogP contribution is -2.10. The Bertz CT molecular complexity index is 450. The molecule has 15 heavy (non-hydrogen) atoms. The number of hydrogen-bond acceptors (Lipinski definition) is 2. The highest BCUT2D eigenvalue weighted by Gasteiger charge is 2.36. The van der Waals surface area contributed by atoms with Crippen molar-refractivity contribution in [2.24, 2.45) is 0 Å². The number of halogens is 2. The molecule has 78 valence electrons. The number of benzene rings is 1. The van der Waals surface area contributed by atoms with Crippen molar-refractivity contribution in [3.63, 3.8) is 0 Å². The second kappa shape index (κ2) is 3.15. The van der Waals surface area contributed by atoms with Crippen molar-refractivity contribution < 1.29 is 18.3 Å². The molecule has 1 aliphatic rings. The molecule has 1 aromatic carbocycles. The normalized spacial score (nSPS) is 16.2. The Morgan fingerprint density at radius 1 is 1.40 bits per heavy atom. The molecule has 0 saturated carbocycles. The van der Waals surface area contributed by atoms with Crippen molar-refractivity contribution >= 4 is 12.0 Å². The second-order valence-corrected chi connectivity index (χ2v) is 3.21. The minimum Gasteiger partial charge on any atom is -0.465 e. The fraction of sp³-hybridized carbons (Fsp3) is 0.182. The van der Waals surface area contributed by atoms with Crippen LogP contribution in [0.4, 0.5) is 8.78 Å². The van der Waals surface area contributed by atoms with E-state index in [2.05, 4.69) is 4.74 Å². The van der Waals surface area contributed by atoms with Crippen molar-refractivity contribution in [2.75, 3.05) is 7.11 Å². The Labute approximate surface area is 85.2 Å². The maximum absolute atomic E-state index is 13.2. The van der Waals surface area contributed by atoms with E-state index in [-0.39, 0.29) is 16.7 Å². The number of esters is 1. The fourth-order valence-electron chi connectivity index (χ4n) is 1.60. The fourth-order valence-corrected chi connectivity index (χ4v) is 1.60. The number of methoxy groups -OCH3 is 1. The summed E-state index contributed by atoms with van der Waals surface area (Å²) in [4.78, 5) is 11.3. The van der Waals surface area contributed by atoms with Gasteiger partial charge >= 0.3 is 5.97 Å². The lowest BCUT2D eigenvalue weighted by molar-refractivity contribution is 0.0553. The summed E-state index contributed by atoms with van der Waals surface area (Å²) in [6, 6.07) is 4.20. The molecule has 0 spiro atoms. The molecule has 2 nitrogen and oxygen atoms in total. The predicted octanol–water partition coefficient (Wildman–Crippen LogP) is 2.59. The molecule has 0 aliphatic heterocycles. The van der Waals surface area contributed by atoms with Gasteiger partial charge in [-0.15, -0.1) is 0 Å². The van der Waals surface area contributed by atoms with Crippen LogP contribution in [0.3, 0.4) is 0 Å². The first-order valence-corrected chi connectivity index (χ1v) is 4.35. The summed E-state index contributed by atoms with van der Waals surface area (Å²) >= 11 is 0. The Kier molecular flexibility index (Phi) is 2.07. The first-order chi connectivity index (χ1) is 7.06. The van der Waals surface area contributed by atoms with Crippen LogP contribution in [0.2, 0.25) is 0 Å². The zero-order chi connectivity index (χ0) is 11.1. The third-order valence-electron chi connectivity index (χ3n) is 2.33. The van der Waals surface area contributed by atoms with E-state index >= 15 is 0 Å². The summed E-state index contributed by atoms with van der Waals surface area (Å²) in [5, 5.41) is 0. The van der Waals surface area contributed by atoms with Gasteiger partial charge in [-0.25, -0.2) is 4.79 Å². The molecule has 0 amide bonds. The molecule has 0 bridgehead atoms. The monoisotopic (exact) mass is 210 g/mol. The molecule has 0 atom stereocenters. The van der Waals surface area contributed by atoms with E-state index in [9.17, 15) is 13.6 Å². The average molecular weight is 210 g/mol. The molecule has 0 N–H and O–H groups in total. The van der Waals surface area contributed by atoms with Crippen LogP contribution in [0, 0.1) is 0 Å². The maximum atomic E-state index is 13.2. The van der Waals surface area contributed by atoms with Gasteiger partial charge in [0.15, 0.2) is 0 Å². The smallest absolute Gasteiger partial charge is 0.338 e. The number of carbonyl (C=O) groups is 1. The van der Waals surface area contributed by atoms with Crippen LogP contribution in [0.1, 0.15) is 21.5 Å². The summed E-state index contributed by atoms with van der Waals surface area (Å²) in [5.41, 5.74) is 0.267. The maximum Gasteiger partial charge on any atom is 0.338 e. The Hall–Kier alpha value is -1.71. The van der Waals surface area contributed by atoms with E-state index in [1.54, 1.807) is 0 Å². The molecular weight excluding hydrogens is 202 g/mol. The number of carbonyl (C=O) groups excluding carboxylic acids is 1. The average Bonchev–Trinajstić information content (AvgIpc) is 2.54. The third-order valence-corrected chi connectivity index (χ3v) is 2.33. The van der Waals surface area contributed by atoms with Gasteiger partial charge in [-0.05, 0) is 17.7 Å². The minimum absolute atomic E-state index is 0.148. The quantitative estimate of drug-likeness (QED) is 0.666. The van der Waals surface area contributed by atoms with Gasteiger partial charge in [0, 0.05) is 5.56 Å². The van der Waals surface area contributed by atoms with Gasteiger partial charge in [-0.1, -0.05) is 18.2 Å². The van der Waals surface area contributed by atoms with Gasteiger partial charge in [-0.3, -0.25) is 0 Å². The molecule has 0 radical (unpaired) electrons. The number of rotatable bonds is 1. The molecule has 4 heteroatoms. The van der Waals surface area contributed by atoms with Gasteiger partial charge in [0.05, 0.1) is 12.7 Å². The first-order valence-electron chi connectivity index (χ1n) is 4.35.